The minimum absolute atomic E-state index is 0.0133. The number of ether oxygens (including phenoxy) is 2. The normalized spacial score (nSPS) is 17.4. The molecule has 2 N–H and O–H groups in total. The third-order valence-corrected chi connectivity index (χ3v) is 8.57. The van der Waals surface area contributed by atoms with Crippen LogP contribution in [0.25, 0.3) is 22.5 Å². The maximum atomic E-state index is 14.2. The van der Waals surface area contributed by atoms with Crippen molar-refractivity contribution in [2.45, 2.75) is 76.0 Å². The summed E-state index contributed by atoms with van der Waals surface area (Å²) < 4.78 is 59.6. The number of rotatable bonds is 11. The van der Waals surface area contributed by atoms with Gasteiger partial charge in [0.2, 0.25) is 11.7 Å². The summed E-state index contributed by atoms with van der Waals surface area (Å²) in [5, 5.41) is 23.1. The van der Waals surface area contributed by atoms with Crippen molar-refractivity contribution in [3.05, 3.63) is 82.7 Å². The van der Waals surface area contributed by atoms with E-state index in [-0.39, 0.29) is 36.1 Å². The number of halogens is 3. The zero-order valence-electron chi connectivity index (χ0n) is 25.6. The number of carboxylic acids is 1. The molecule has 2 unspecified atom stereocenters. The van der Waals surface area contributed by atoms with E-state index in [4.69, 9.17) is 19.1 Å². The molecule has 242 valence electrons. The van der Waals surface area contributed by atoms with Gasteiger partial charge < -0.3 is 24.2 Å². The van der Waals surface area contributed by atoms with Gasteiger partial charge in [-0.25, -0.2) is 0 Å². The fourth-order valence-corrected chi connectivity index (χ4v) is 6.50. The SMILES string of the molecule is CC(C)(O)Cc1nc(-c2ccc(-c3c(C(F)(F)F)ccc4c3CCC4CCCOc3ccc4c(c3)OCC4CC(=O)O)cc2)no1. The van der Waals surface area contributed by atoms with E-state index >= 15 is 0 Å². The summed E-state index contributed by atoms with van der Waals surface area (Å²) in [5.74, 6) is 0.932. The summed E-state index contributed by atoms with van der Waals surface area (Å²) in [6.45, 7) is 4.03. The number of carbonyl (C=O) groups is 1. The second-order valence-electron chi connectivity index (χ2n) is 12.7. The number of aromatic nitrogens is 2. The molecule has 46 heavy (non-hydrogen) atoms. The highest BCUT2D eigenvalue weighted by Gasteiger charge is 2.37. The van der Waals surface area contributed by atoms with Gasteiger partial charge in [0.25, 0.3) is 0 Å². The highest BCUT2D eigenvalue weighted by atomic mass is 19.4. The summed E-state index contributed by atoms with van der Waals surface area (Å²) >= 11 is 0. The molecule has 0 amide bonds. The molecule has 0 saturated heterocycles. The monoisotopic (exact) mass is 636 g/mol. The van der Waals surface area contributed by atoms with Crippen LogP contribution in [0.4, 0.5) is 13.2 Å². The van der Waals surface area contributed by atoms with Crippen molar-refractivity contribution in [2.24, 2.45) is 0 Å². The van der Waals surface area contributed by atoms with E-state index in [0.29, 0.717) is 48.1 Å². The Hall–Kier alpha value is -4.38. The largest absolute Gasteiger partial charge is 0.493 e. The average Bonchev–Trinajstić information content (AvgIpc) is 3.72. The zero-order chi connectivity index (χ0) is 32.6. The molecular weight excluding hydrogens is 601 g/mol. The van der Waals surface area contributed by atoms with Crippen LogP contribution in [0.5, 0.6) is 11.5 Å². The van der Waals surface area contributed by atoms with Gasteiger partial charge in [0, 0.05) is 23.1 Å². The second-order valence-corrected chi connectivity index (χ2v) is 12.7. The van der Waals surface area contributed by atoms with Gasteiger partial charge in [-0.15, -0.1) is 0 Å². The Balaban J connectivity index is 1.14. The van der Waals surface area contributed by atoms with E-state index < -0.39 is 23.3 Å². The van der Waals surface area contributed by atoms with Crippen molar-refractivity contribution in [1.29, 1.82) is 0 Å². The van der Waals surface area contributed by atoms with Gasteiger partial charge in [-0.05, 0) is 79.8 Å². The Kier molecular flexibility index (Phi) is 8.54. The lowest BCUT2D eigenvalue weighted by atomic mass is 9.89. The highest BCUT2D eigenvalue weighted by Crippen LogP contribution is 2.47. The first-order valence-corrected chi connectivity index (χ1v) is 15.4. The van der Waals surface area contributed by atoms with Crippen LogP contribution in [0.3, 0.4) is 0 Å². The molecule has 0 fully saturated rings. The summed E-state index contributed by atoms with van der Waals surface area (Å²) in [4.78, 5) is 15.4. The first-order valence-electron chi connectivity index (χ1n) is 15.4. The molecule has 0 spiro atoms. The third-order valence-electron chi connectivity index (χ3n) is 8.57. The van der Waals surface area contributed by atoms with E-state index in [1.54, 1.807) is 50.2 Å². The van der Waals surface area contributed by atoms with Gasteiger partial charge in [-0.3, -0.25) is 4.79 Å². The molecular formula is C35H35F3N2O6. The number of aliphatic carboxylic acids is 1. The molecule has 0 saturated carbocycles. The second kappa shape index (κ2) is 12.4. The van der Waals surface area contributed by atoms with Gasteiger partial charge >= 0.3 is 12.1 Å². The molecule has 0 radical (unpaired) electrons. The summed E-state index contributed by atoms with van der Waals surface area (Å²) in [7, 11) is 0. The number of fused-ring (bicyclic) bond motifs is 2. The predicted molar refractivity (Wildman–Crippen MR) is 163 cm³/mol. The van der Waals surface area contributed by atoms with E-state index in [1.807, 2.05) is 12.1 Å². The number of benzene rings is 3. The number of hydrogen-bond donors (Lipinski definition) is 2. The van der Waals surface area contributed by atoms with Crippen LogP contribution in [-0.4, -0.2) is 45.1 Å². The molecule has 2 heterocycles. The third kappa shape index (κ3) is 6.89. The Morgan fingerprint density at radius 3 is 2.48 bits per heavy atom. The maximum absolute atomic E-state index is 14.2. The van der Waals surface area contributed by atoms with E-state index in [9.17, 15) is 23.1 Å². The number of nitrogens with zero attached hydrogens (tertiary/aromatic N) is 2. The van der Waals surface area contributed by atoms with Gasteiger partial charge in [0.15, 0.2) is 0 Å². The van der Waals surface area contributed by atoms with Crippen LogP contribution in [-0.2, 0) is 23.8 Å². The summed E-state index contributed by atoms with van der Waals surface area (Å²) in [6, 6.07) is 15.0. The van der Waals surface area contributed by atoms with Gasteiger partial charge in [-0.1, -0.05) is 41.6 Å². The first kappa shape index (κ1) is 31.6. The fourth-order valence-electron chi connectivity index (χ4n) is 6.50. The van der Waals surface area contributed by atoms with Crippen LogP contribution in [0.2, 0.25) is 0 Å². The highest BCUT2D eigenvalue weighted by molar-refractivity contribution is 5.76. The molecule has 1 aromatic heterocycles. The van der Waals surface area contributed by atoms with Crippen molar-refractivity contribution in [1.82, 2.24) is 10.1 Å². The lowest BCUT2D eigenvalue weighted by molar-refractivity contribution is -0.138. The number of carboxylic acid groups (broad SMARTS) is 1. The lowest BCUT2D eigenvalue weighted by Gasteiger charge is -2.19. The Labute approximate surface area is 264 Å². The molecule has 2 aliphatic rings. The van der Waals surface area contributed by atoms with E-state index in [2.05, 4.69) is 10.1 Å². The van der Waals surface area contributed by atoms with E-state index in [1.165, 1.54) is 6.07 Å². The van der Waals surface area contributed by atoms with Crippen LogP contribution in [0, 0.1) is 0 Å². The van der Waals surface area contributed by atoms with Crippen LogP contribution < -0.4 is 9.47 Å². The molecule has 6 rings (SSSR count). The predicted octanol–water partition coefficient (Wildman–Crippen LogP) is 7.58. The molecule has 3 aromatic carbocycles. The topological polar surface area (TPSA) is 115 Å². The van der Waals surface area contributed by atoms with Crippen LogP contribution in [0.1, 0.15) is 79.5 Å². The summed E-state index contributed by atoms with van der Waals surface area (Å²) in [5.41, 5.74) is 2.15. The average molecular weight is 637 g/mol. The van der Waals surface area contributed by atoms with Crippen molar-refractivity contribution in [3.8, 4) is 34.0 Å². The molecule has 0 bridgehead atoms. The van der Waals surface area contributed by atoms with Crippen LogP contribution >= 0.6 is 0 Å². The van der Waals surface area contributed by atoms with E-state index in [0.717, 1.165) is 36.0 Å². The minimum Gasteiger partial charge on any atom is -0.493 e. The maximum Gasteiger partial charge on any atom is 0.417 e. The van der Waals surface area contributed by atoms with Crippen molar-refractivity contribution >= 4 is 5.97 Å². The van der Waals surface area contributed by atoms with Crippen molar-refractivity contribution in [2.75, 3.05) is 13.2 Å². The standard InChI is InChI=1S/C35H35F3N2O6/c1-34(2,43)18-30-39-33(40-46-30)22-7-5-21(6-8-22)32-27-11-9-20(25(27)13-14-28(32)35(36,37)38)4-3-15-44-24-10-12-26-23(16-31(41)42)19-45-29(26)17-24/h5-8,10,12-14,17,20,23,43H,3-4,9,11,15-16,18-19H2,1-2H3,(H,41,42). The van der Waals surface area contributed by atoms with Gasteiger partial charge in [0.05, 0.1) is 37.2 Å². The molecule has 4 aromatic rings. The quantitative estimate of drug-likeness (QED) is 0.162. The molecule has 2 atom stereocenters. The molecule has 8 nitrogen and oxygen atoms in total. The number of hydrogen-bond acceptors (Lipinski definition) is 7. The lowest BCUT2D eigenvalue weighted by Crippen LogP contribution is -2.21. The molecule has 1 aliphatic heterocycles. The van der Waals surface area contributed by atoms with Gasteiger partial charge in [-0.2, -0.15) is 18.2 Å². The zero-order valence-corrected chi connectivity index (χ0v) is 25.6. The van der Waals surface area contributed by atoms with Crippen LogP contribution in [0.15, 0.2) is 59.1 Å². The molecule has 1 aliphatic carbocycles. The number of aliphatic hydroxyl groups is 1. The first-order chi connectivity index (χ1) is 21.9. The molecule has 11 heteroatoms. The van der Waals surface area contributed by atoms with Gasteiger partial charge in [0.1, 0.15) is 11.5 Å². The Morgan fingerprint density at radius 1 is 1.02 bits per heavy atom. The number of alkyl halides is 3. The minimum atomic E-state index is -4.51. The fraction of sp³-hybridized carbons (Fsp3) is 0.400. The Morgan fingerprint density at radius 2 is 1.76 bits per heavy atom. The summed E-state index contributed by atoms with van der Waals surface area (Å²) in [6.07, 6.45) is -1.53. The van der Waals surface area contributed by atoms with Crippen molar-refractivity contribution < 1.29 is 42.2 Å². The van der Waals surface area contributed by atoms with Crippen molar-refractivity contribution in [3.63, 3.8) is 0 Å². The smallest absolute Gasteiger partial charge is 0.417 e. The Bertz CT molecular complexity index is 1730.